The Balaban J connectivity index is 1.87. The largest absolute Gasteiger partial charge is 0.330 e. The van der Waals surface area contributed by atoms with Crippen LogP contribution in [0.15, 0.2) is 37.1 Å². The van der Waals surface area contributed by atoms with Gasteiger partial charge in [-0.2, -0.15) is 9.47 Å². The minimum atomic E-state index is 0.537. The first-order valence-electron chi connectivity index (χ1n) is 7.48. The number of anilines is 2. The highest BCUT2D eigenvalue weighted by atomic mass is 32.1. The van der Waals surface area contributed by atoms with Crippen molar-refractivity contribution in [2.45, 2.75) is 6.42 Å². The zero-order chi connectivity index (χ0) is 16.5. The second-order valence-corrected chi connectivity index (χ2v) is 6.19. The quantitative estimate of drug-likeness (QED) is 0.575. The van der Waals surface area contributed by atoms with Crippen LogP contribution in [-0.2, 0) is 13.5 Å². The fraction of sp³-hybridized carbons (Fsp3) is 0.200. The van der Waals surface area contributed by atoms with E-state index in [0.29, 0.717) is 18.8 Å². The van der Waals surface area contributed by atoms with Gasteiger partial charge in [-0.3, -0.25) is 9.08 Å². The summed E-state index contributed by atoms with van der Waals surface area (Å²) in [7, 11) is 1.89. The molecular weight excluding hydrogens is 324 g/mol. The number of aryl methyl sites for hydroxylation is 1. The van der Waals surface area contributed by atoms with E-state index in [2.05, 4.69) is 24.8 Å². The van der Waals surface area contributed by atoms with E-state index in [1.807, 2.05) is 42.3 Å². The highest BCUT2D eigenvalue weighted by molar-refractivity contribution is 7.10. The van der Waals surface area contributed by atoms with Crippen LogP contribution >= 0.6 is 11.5 Å². The van der Waals surface area contributed by atoms with Crippen molar-refractivity contribution in [3.05, 3.63) is 42.7 Å². The SMILES string of the molecule is Cn1cc(-c2cnc3c(Nc4ccns4)nc(CCN)cn23)cn1. The smallest absolute Gasteiger partial charge is 0.180 e. The zero-order valence-corrected chi connectivity index (χ0v) is 13.9. The van der Waals surface area contributed by atoms with Crippen LogP contribution in [0.3, 0.4) is 0 Å². The molecule has 0 saturated heterocycles. The van der Waals surface area contributed by atoms with E-state index in [4.69, 9.17) is 5.73 Å². The predicted octanol–water partition coefficient (Wildman–Crippen LogP) is 1.83. The summed E-state index contributed by atoms with van der Waals surface area (Å²) in [5.74, 6) is 0.695. The Hall–Kier alpha value is -2.78. The molecule has 0 saturated carbocycles. The molecule has 4 aromatic rings. The molecule has 3 N–H and O–H groups in total. The molecule has 0 fully saturated rings. The van der Waals surface area contributed by atoms with Crippen LogP contribution < -0.4 is 11.1 Å². The van der Waals surface area contributed by atoms with Gasteiger partial charge in [-0.15, -0.1) is 0 Å². The normalized spacial score (nSPS) is 11.2. The molecule has 0 bridgehead atoms. The molecule has 122 valence electrons. The van der Waals surface area contributed by atoms with E-state index in [1.165, 1.54) is 11.5 Å². The predicted molar refractivity (Wildman–Crippen MR) is 93.3 cm³/mol. The fourth-order valence-electron chi connectivity index (χ4n) is 2.55. The lowest BCUT2D eigenvalue weighted by molar-refractivity contribution is 0.768. The van der Waals surface area contributed by atoms with Crippen LogP contribution in [0.5, 0.6) is 0 Å². The first kappa shape index (κ1) is 14.8. The summed E-state index contributed by atoms with van der Waals surface area (Å²) in [4.78, 5) is 9.20. The van der Waals surface area contributed by atoms with E-state index in [9.17, 15) is 0 Å². The molecule has 4 rings (SSSR count). The van der Waals surface area contributed by atoms with E-state index in [1.54, 1.807) is 10.9 Å². The third kappa shape index (κ3) is 2.63. The molecule has 0 amide bonds. The Morgan fingerprint density at radius 2 is 2.21 bits per heavy atom. The summed E-state index contributed by atoms with van der Waals surface area (Å²) in [5, 5.41) is 8.45. The van der Waals surface area contributed by atoms with Gasteiger partial charge in [0.2, 0.25) is 0 Å². The van der Waals surface area contributed by atoms with Crippen molar-refractivity contribution >= 4 is 28.0 Å². The highest BCUT2D eigenvalue weighted by Crippen LogP contribution is 2.26. The minimum Gasteiger partial charge on any atom is -0.330 e. The number of hydrogen-bond acceptors (Lipinski definition) is 7. The number of fused-ring (bicyclic) bond motifs is 1. The van der Waals surface area contributed by atoms with Gasteiger partial charge in [-0.05, 0) is 24.1 Å². The Morgan fingerprint density at radius 1 is 1.29 bits per heavy atom. The van der Waals surface area contributed by atoms with Crippen molar-refractivity contribution in [2.24, 2.45) is 12.8 Å². The summed E-state index contributed by atoms with van der Waals surface area (Å²) >= 11 is 1.38. The van der Waals surface area contributed by atoms with Crippen molar-refractivity contribution in [3.63, 3.8) is 0 Å². The number of aromatic nitrogens is 6. The summed E-state index contributed by atoms with van der Waals surface area (Å²) < 4.78 is 7.90. The number of hydrogen-bond donors (Lipinski definition) is 2. The fourth-order valence-corrected chi connectivity index (χ4v) is 3.05. The second-order valence-electron chi connectivity index (χ2n) is 5.36. The van der Waals surface area contributed by atoms with Gasteiger partial charge in [-0.1, -0.05) is 0 Å². The van der Waals surface area contributed by atoms with E-state index in [-0.39, 0.29) is 0 Å². The van der Waals surface area contributed by atoms with Crippen LogP contribution in [0.2, 0.25) is 0 Å². The lowest BCUT2D eigenvalue weighted by Crippen LogP contribution is -2.08. The Labute approximate surface area is 142 Å². The highest BCUT2D eigenvalue weighted by Gasteiger charge is 2.14. The first-order chi connectivity index (χ1) is 11.7. The molecule has 0 aromatic carbocycles. The number of imidazole rings is 1. The van der Waals surface area contributed by atoms with Crippen molar-refractivity contribution in [1.29, 1.82) is 0 Å². The third-order valence-corrected chi connectivity index (χ3v) is 4.28. The summed E-state index contributed by atoms with van der Waals surface area (Å²) in [6.07, 6.45) is 10.0. The molecule has 0 aliphatic rings. The molecule has 4 aromatic heterocycles. The van der Waals surface area contributed by atoms with E-state index >= 15 is 0 Å². The van der Waals surface area contributed by atoms with Gasteiger partial charge >= 0.3 is 0 Å². The van der Waals surface area contributed by atoms with Crippen molar-refractivity contribution in [2.75, 3.05) is 11.9 Å². The van der Waals surface area contributed by atoms with Gasteiger partial charge in [0.25, 0.3) is 0 Å². The average Bonchev–Trinajstić information content (AvgIpc) is 3.28. The average molecular weight is 340 g/mol. The maximum Gasteiger partial charge on any atom is 0.180 e. The molecule has 0 aliphatic carbocycles. The maximum absolute atomic E-state index is 5.71. The Morgan fingerprint density at radius 3 is 2.92 bits per heavy atom. The third-order valence-electron chi connectivity index (χ3n) is 3.62. The zero-order valence-electron chi connectivity index (χ0n) is 13.0. The van der Waals surface area contributed by atoms with E-state index < -0.39 is 0 Å². The number of nitrogens with one attached hydrogen (secondary N) is 1. The van der Waals surface area contributed by atoms with Crippen molar-refractivity contribution < 1.29 is 0 Å². The molecule has 0 aliphatic heterocycles. The molecule has 0 atom stereocenters. The van der Waals surface area contributed by atoms with Gasteiger partial charge in [0, 0.05) is 37.6 Å². The monoisotopic (exact) mass is 340 g/mol. The van der Waals surface area contributed by atoms with E-state index in [0.717, 1.165) is 27.6 Å². The summed E-state index contributed by atoms with van der Waals surface area (Å²) in [5.41, 5.74) is 9.33. The van der Waals surface area contributed by atoms with Gasteiger partial charge in [0.15, 0.2) is 11.5 Å². The van der Waals surface area contributed by atoms with Crippen molar-refractivity contribution in [1.82, 2.24) is 28.5 Å². The Bertz CT molecular complexity index is 969. The molecule has 0 radical (unpaired) electrons. The topological polar surface area (TPSA) is 99.0 Å². The van der Waals surface area contributed by atoms with Crippen LogP contribution in [0, 0.1) is 0 Å². The Kier molecular flexibility index (Phi) is 3.71. The molecule has 4 heterocycles. The molecule has 0 spiro atoms. The second kappa shape index (κ2) is 6.02. The lowest BCUT2D eigenvalue weighted by atomic mass is 10.2. The van der Waals surface area contributed by atoms with Gasteiger partial charge in [0.05, 0.1) is 23.8 Å². The molecule has 0 unspecified atom stereocenters. The number of nitrogens with zero attached hydrogens (tertiary/aromatic N) is 6. The van der Waals surface area contributed by atoms with Gasteiger partial charge in [0.1, 0.15) is 5.00 Å². The summed E-state index contributed by atoms with van der Waals surface area (Å²) in [6.45, 7) is 0.537. The first-order valence-corrected chi connectivity index (χ1v) is 8.25. The standard InChI is InChI=1S/C15H16N8S/c1-22-8-10(6-18-22)12-7-17-15-14(21-13-3-5-19-24-13)20-11(2-4-16)9-23(12)15/h3,5-9H,2,4,16H2,1H3,(H,20,21). The maximum atomic E-state index is 5.71. The molecule has 9 heteroatoms. The van der Waals surface area contributed by atoms with Gasteiger partial charge < -0.3 is 11.1 Å². The molecular formula is C15H16N8S. The van der Waals surface area contributed by atoms with Crippen molar-refractivity contribution in [3.8, 4) is 11.3 Å². The number of rotatable bonds is 5. The lowest BCUT2D eigenvalue weighted by Gasteiger charge is -2.09. The van der Waals surface area contributed by atoms with Gasteiger partial charge in [-0.25, -0.2) is 9.97 Å². The molecule has 8 nitrogen and oxygen atoms in total. The van der Waals surface area contributed by atoms with Crippen LogP contribution in [0.25, 0.3) is 16.9 Å². The van der Waals surface area contributed by atoms with Crippen LogP contribution in [0.4, 0.5) is 10.8 Å². The number of nitrogens with two attached hydrogens (primary N) is 1. The minimum absolute atomic E-state index is 0.537. The summed E-state index contributed by atoms with van der Waals surface area (Å²) in [6, 6.07) is 1.91. The van der Waals surface area contributed by atoms with Crippen LogP contribution in [0.1, 0.15) is 5.69 Å². The molecule has 24 heavy (non-hydrogen) atoms. The van der Waals surface area contributed by atoms with Crippen LogP contribution in [-0.4, -0.2) is 35.1 Å².